The van der Waals surface area contributed by atoms with Crippen molar-refractivity contribution in [3.63, 3.8) is 0 Å². The van der Waals surface area contributed by atoms with Gasteiger partial charge in [0.25, 0.3) is 5.91 Å². The van der Waals surface area contributed by atoms with Crippen LogP contribution in [-0.2, 0) is 0 Å². The van der Waals surface area contributed by atoms with E-state index in [0.717, 1.165) is 4.47 Å². The van der Waals surface area contributed by atoms with Gasteiger partial charge < -0.3 is 14.8 Å². The first kappa shape index (κ1) is 13.3. The Balaban J connectivity index is 1.80. The van der Waals surface area contributed by atoms with Gasteiger partial charge in [0.1, 0.15) is 0 Å². The molecule has 2 aromatic rings. The van der Waals surface area contributed by atoms with Gasteiger partial charge in [-0.3, -0.25) is 4.79 Å². The predicted molar refractivity (Wildman–Crippen MR) is 79.7 cm³/mol. The maximum absolute atomic E-state index is 12.2. The minimum atomic E-state index is -0.225. The summed E-state index contributed by atoms with van der Waals surface area (Å²) < 4.78 is 11.2. The number of hydrogen-bond acceptors (Lipinski definition) is 3. The lowest BCUT2D eigenvalue weighted by atomic mass is 10.2. The Morgan fingerprint density at radius 2 is 1.95 bits per heavy atom. The number of benzene rings is 2. The first-order valence-corrected chi connectivity index (χ1v) is 6.96. The third-order valence-electron chi connectivity index (χ3n) is 2.81. The Morgan fingerprint density at radius 1 is 1.15 bits per heavy atom. The Bertz CT molecular complexity index is 690. The lowest BCUT2D eigenvalue weighted by Gasteiger charge is -2.07. The highest BCUT2D eigenvalue weighted by atomic mass is 79.9. The van der Waals surface area contributed by atoms with E-state index in [0.29, 0.717) is 27.8 Å². The van der Waals surface area contributed by atoms with Gasteiger partial charge in [-0.2, -0.15) is 0 Å². The van der Waals surface area contributed by atoms with Crippen molar-refractivity contribution >= 4 is 39.1 Å². The minimum absolute atomic E-state index is 0.185. The van der Waals surface area contributed by atoms with E-state index < -0.39 is 0 Å². The van der Waals surface area contributed by atoms with Crippen molar-refractivity contribution in [1.29, 1.82) is 0 Å². The van der Waals surface area contributed by atoms with Crippen LogP contribution in [0.15, 0.2) is 40.9 Å². The molecule has 2 aromatic carbocycles. The molecule has 0 aliphatic carbocycles. The van der Waals surface area contributed by atoms with E-state index in [2.05, 4.69) is 21.2 Å². The van der Waals surface area contributed by atoms with Crippen LogP contribution < -0.4 is 14.8 Å². The van der Waals surface area contributed by atoms with Gasteiger partial charge in [0.05, 0.1) is 5.02 Å². The quantitative estimate of drug-likeness (QED) is 0.884. The molecule has 1 heterocycles. The number of carbonyl (C=O) groups is 1. The van der Waals surface area contributed by atoms with Crippen LogP contribution in [0.1, 0.15) is 10.4 Å². The normalized spacial score (nSPS) is 12.3. The molecular formula is C14H9BrClNO3. The number of fused-ring (bicyclic) bond motifs is 1. The van der Waals surface area contributed by atoms with Gasteiger partial charge in [-0.15, -0.1) is 0 Å². The Morgan fingerprint density at radius 3 is 2.75 bits per heavy atom. The van der Waals surface area contributed by atoms with Crippen molar-refractivity contribution in [2.24, 2.45) is 0 Å². The second-order valence-electron chi connectivity index (χ2n) is 4.15. The molecule has 1 aliphatic rings. The molecule has 0 aromatic heterocycles. The van der Waals surface area contributed by atoms with Crippen LogP contribution in [0, 0.1) is 0 Å². The summed E-state index contributed by atoms with van der Waals surface area (Å²) in [6, 6.07) is 10.2. The summed E-state index contributed by atoms with van der Waals surface area (Å²) in [5.41, 5.74) is 1.16. The molecule has 0 bridgehead atoms. The molecule has 0 spiro atoms. The maximum atomic E-state index is 12.2. The van der Waals surface area contributed by atoms with Crippen molar-refractivity contribution in [2.75, 3.05) is 12.1 Å². The van der Waals surface area contributed by atoms with Gasteiger partial charge in [-0.05, 0) is 52.3 Å². The standard InChI is InChI=1S/C14H9BrClNO3/c15-10-6-9(2-3-11(10)16)17-14(18)8-1-4-12-13(5-8)20-7-19-12/h1-6H,7H2,(H,17,18). The van der Waals surface area contributed by atoms with Gasteiger partial charge in [-0.1, -0.05) is 11.6 Å². The van der Waals surface area contributed by atoms with Crippen LogP contribution in [0.2, 0.25) is 5.02 Å². The van der Waals surface area contributed by atoms with Crippen molar-refractivity contribution < 1.29 is 14.3 Å². The van der Waals surface area contributed by atoms with E-state index in [1.54, 1.807) is 36.4 Å². The van der Waals surface area contributed by atoms with Crippen LogP contribution in [0.3, 0.4) is 0 Å². The second kappa shape index (κ2) is 5.34. The molecule has 102 valence electrons. The van der Waals surface area contributed by atoms with Crippen LogP contribution in [0.25, 0.3) is 0 Å². The van der Waals surface area contributed by atoms with Gasteiger partial charge in [-0.25, -0.2) is 0 Å². The average molecular weight is 355 g/mol. The van der Waals surface area contributed by atoms with E-state index in [4.69, 9.17) is 21.1 Å². The van der Waals surface area contributed by atoms with E-state index >= 15 is 0 Å². The highest BCUT2D eigenvalue weighted by Crippen LogP contribution is 2.33. The van der Waals surface area contributed by atoms with Crippen LogP contribution in [-0.4, -0.2) is 12.7 Å². The van der Waals surface area contributed by atoms with Gasteiger partial charge in [0.15, 0.2) is 11.5 Å². The first-order valence-electron chi connectivity index (χ1n) is 5.79. The smallest absolute Gasteiger partial charge is 0.255 e. The number of hydrogen-bond donors (Lipinski definition) is 1. The highest BCUT2D eigenvalue weighted by Gasteiger charge is 2.16. The predicted octanol–water partition coefficient (Wildman–Crippen LogP) is 4.08. The number of halogens is 2. The molecule has 0 saturated carbocycles. The molecule has 6 heteroatoms. The fraction of sp³-hybridized carbons (Fsp3) is 0.0714. The number of nitrogens with one attached hydrogen (secondary N) is 1. The molecule has 0 unspecified atom stereocenters. The molecule has 0 atom stereocenters. The van der Waals surface area contributed by atoms with Crippen molar-refractivity contribution in [3.05, 3.63) is 51.5 Å². The molecular weight excluding hydrogens is 346 g/mol. The Kier molecular flexibility index (Phi) is 3.54. The zero-order valence-electron chi connectivity index (χ0n) is 10.2. The summed E-state index contributed by atoms with van der Waals surface area (Å²) in [4.78, 5) is 12.2. The molecule has 1 aliphatic heterocycles. The summed E-state index contributed by atoms with van der Waals surface area (Å²) in [5, 5.41) is 3.38. The fourth-order valence-electron chi connectivity index (χ4n) is 1.81. The largest absolute Gasteiger partial charge is 0.454 e. The van der Waals surface area contributed by atoms with E-state index in [1.165, 1.54) is 0 Å². The molecule has 3 rings (SSSR count). The topological polar surface area (TPSA) is 47.6 Å². The van der Waals surface area contributed by atoms with Crippen LogP contribution >= 0.6 is 27.5 Å². The number of amides is 1. The molecule has 0 saturated heterocycles. The lowest BCUT2D eigenvalue weighted by Crippen LogP contribution is -2.11. The molecule has 0 radical (unpaired) electrons. The minimum Gasteiger partial charge on any atom is -0.454 e. The zero-order valence-corrected chi connectivity index (χ0v) is 12.5. The average Bonchev–Trinajstić information content (AvgIpc) is 2.90. The van der Waals surface area contributed by atoms with Gasteiger partial charge in [0.2, 0.25) is 6.79 Å². The second-order valence-corrected chi connectivity index (χ2v) is 5.41. The SMILES string of the molecule is O=C(Nc1ccc(Cl)c(Br)c1)c1ccc2c(c1)OCO2. The third-order valence-corrected chi connectivity index (χ3v) is 4.03. The number of anilines is 1. The van der Waals surface area contributed by atoms with E-state index in [-0.39, 0.29) is 12.7 Å². The summed E-state index contributed by atoms with van der Waals surface area (Å²) in [6.07, 6.45) is 0. The van der Waals surface area contributed by atoms with Gasteiger partial charge in [0, 0.05) is 15.7 Å². The Labute approximate surface area is 128 Å². The summed E-state index contributed by atoms with van der Waals surface area (Å²) in [6.45, 7) is 0.185. The molecule has 1 amide bonds. The monoisotopic (exact) mass is 353 g/mol. The molecule has 0 fully saturated rings. The molecule has 1 N–H and O–H groups in total. The summed E-state index contributed by atoms with van der Waals surface area (Å²) in [5.74, 6) is 1.00. The van der Waals surface area contributed by atoms with Gasteiger partial charge >= 0.3 is 0 Å². The first-order chi connectivity index (χ1) is 9.63. The van der Waals surface area contributed by atoms with Crippen molar-refractivity contribution in [2.45, 2.75) is 0 Å². The number of rotatable bonds is 2. The van der Waals surface area contributed by atoms with Crippen LogP contribution in [0.5, 0.6) is 11.5 Å². The number of carbonyl (C=O) groups excluding carboxylic acids is 1. The highest BCUT2D eigenvalue weighted by molar-refractivity contribution is 9.10. The lowest BCUT2D eigenvalue weighted by molar-refractivity contribution is 0.102. The van der Waals surface area contributed by atoms with Crippen molar-refractivity contribution in [3.8, 4) is 11.5 Å². The van der Waals surface area contributed by atoms with E-state index in [1.807, 2.05) is 0 Å². The van der Waals surface area contributed by atoms with E-state index in [9.17, 15) is 4.79 Å². The maximum Gasteiger partial charge on any atom is 0.255 e. The molecule has 20 heavy (non-hydrogen) atoms. The third kappa shape index (κ3) is 2.59. The van der Waals surface area contributed by atoms with Crippen LogP contribution in [0.4, 0.5) is 5.69 Å². The molecule has 4 nitrogen and oxygen atoms in total. The van der Waals surface area contributed by atoms with Crippen molar-refractivity contribution in [1.82, 2.24) is 0 Å². The zero-order chi connectivity index (χ0) is 14.1. The fourth-order valence-corrected chi connectivity index (χ4v) is 2.31. The Hall–Kier alpha value is -1.72. The number of ether oxygens (including phenoxy) is 2. The summed E-state index contributed by atoms with van der Waals surface area (Å²) in [7, 11) is 0. The summed E-state index contributed by atoms with van der Waals surface area (Å²) >= 11 is 9.22.